The van der Waals surface area contributed by atoms with Crippen molar-refractivity contribution in [3.05, 3.63) is 85.6 Å². The van der Waals surface area contributed by atoms with Gasteiger partial charge in [-0.2, -0.15) is 9.78 Å². The van der Waals surface area contributed by atoms with Crippen LogP contribution in [0.3, 0.4) is 0 Å². The lowest BCUT2D eigenvalue weighted by molar-refractivity contribution is -0.114. The lowest BCUT2D eigenvalue weighted by Gasteiger charge is -2.12. The van der Waals surface area contributed by atoms with Crippen LogP contribution in [-0.4, -0.2) is 20.3 Å². The molecular weight excluding hydrogens is 495 g/mol. The molecule has 144 valence electrons. The number of amides is 1. The van der Waals surface area contributed by atoms with Gasteiger partial charge in [0.25, 0.3) is 5.56 Å². The Labute approximate surface area is 179 Å². The molecule has 1 amide bonds. The van der Waals surface area contributed by atoms with E-state index >= 15 is 0 Å². The van der Waals surface area contributed by atoms with E-state index in [2.05, 4.69) is 10.4 Å². The summed E-state index contributed by atoms with van der Waals surface area (Å²) in [7, 11) is 0. The number of nitrogens with zero attached hydrogens (tertiary/aromatic N) is 3. The second kappa shape index (κ2) is 8.70. The van der Waals surface area contributed by atoms with Gasteiger partial charge in [0.2, 0.25) is 5.91 Å². The third-order valence-electron chi connectivity index (χ3n) is 3.92. The van der Waals surface area contributed by atoms with Crippen molar-refractivity contribution in [2.24, 2.45) is 0 Å². The number of anilines is 1. The van der Waals surface area contributed by atoms with Crippen LogP contribution in [0.15, 0.2) is 58.1 Å². The number of benzene rings is 2. The minimum atomic E-state index is -0.562. The summed E-state index contributed by atoms with van der Waals surface area (Å²) in [5, 5.41) is 7.47. The van der Waals surface area contributed by atoms with Crippen LogP contribution in [0.1, 0.15) is 18.2 Å². The molecule has 0 saturated carbocycles. The van der Waals surface area contributed by atoms with Crippen LogP contribution in [-0.2, 0) is 15.8 Å². The fourth-order valence-corrected chi connectivity index (χ4v) is 3.25. The normalized spacial score (nSPS) is 10.7. The zero-order chi connectivity index (χ0) is 20.3. The van der Waals surface area contributed by atoms with Gasteiger partial charge in [-0.25, -0.2) is 4.79 Å². The molecule has 0 saturated heterocycles. The van der Waals surface area contributed by atoms with E-state index in [0.717, 1.165) is 10.1 Å². The first-order chi connectivity index (χ1) is 13.4. The minimum Gasteiger partial charge on any atom is -0.326 e. The molecule has 0 aliphatic heterocycles. The van der Waals surface area contributed by atoms with Gasteiger partial charge in [0.1, 0.15) is 5.69 Å². The summed E-state index contributed by atoms with van der Waals surface area (Å²) in [5.41, 5.74) is 1.03. The van der Waals surface area contributed by atoms with Gasteiger partial charge in [-0.3, -0.25) is 14.2 Å². The Balaban J connectivity index is 2.12. The van der Waals surface area contributed by atoms with Crippen molar-refractivity contribution >= 4 is 45.8 Å². The first-order valence-electron chi connectivity index (χ1n) is 8.30. The maximum absolute atomic E-state index is 13.0. The van der Waals surface area contributed by atoms with E-state index in [1.165, 1.54) is 11.6 Å². The van der Waals surface area contributed by atoms with Gasteiger partial charge >= 0.3 is 5.69 Å². The summed E-state index contributed by atoms with van der Waals surface area (Å²) in [6.07, 6.45) is 0. The summed E-state index contributed by atoms with van der Waals surface area (Å²) >= 11 is 7.94. The highest BCUT2D eigenvalue weighted by Gasteiger charge is 2.14. The van der Waals surface area contributed by atoms with Crippen LogP contribution in [0.2, 0.25) is 5.02 Å². The van der Waals surface area contributed by atoms with Crippen LogP contribution in [0.25, 0.3) is 5.69 Å². The van der Waals surface area contributed by atoms with E-state index in [0.29, 0.717) is 20.8 Å². The second-order valence-electron chi connectivity index (χ2n) is 6.02. The van der Waals surface area contributed by atoms with Crippen LogP contribution in [0.4, 0.5) is 5.69 Å². The van der Waals surface area contributed by atoms with Crippen molar-refractivity contribution in [2.75, 3.05) is 5.32 Å². The lowest BCUT2D eigenvalue weighted by atomic mass is 10.2. The minimum absolute atomic E-state index is 0.104. The van der Waals surface area contributed by atoms with E-state index in [9.17, 15) is 14.4 Å². The third-order valence-corrected chi connectivity index (χ3v) is 4.89. The molecule has 0 bridgehead atoms. The molecular formula is C19H16ClIN4O3. The maximum atomic E-state index is 13.0. The molecule has 1 aromatic heterocycles. The maximum Gasteiger partial charge on any atom is 0.352 e. The van der Waals surface area contributed by atoms with E-state index in [-0.39, 0.29) is 18.1 Å². The molecule has 1 heterocycles. The Morgan fingerprint density at radius 3 is 2.54 bits per heavy atom. The van der Waals surface area contributed by atoms with Crippen molar-refractivity contribution in [1.82, 2.24) is 14.3 Å². The van der Waals surface area contributed by atoms with Crippen LogP contribution in [0.5, 0.6) is 0 Å². The zero-order valence-corrected chi connectivity index (χ0v) is 17.8. The van der Waals surface area contributed by atoms with Crippen molar-refractivity contribution < 1.29 is 4.79 Å². The highest BCUT2D eigenvalue weighted by Crippen LogP contribution is 2.13. The van der Waals surface area contributed by atoms with Crippen LogP contribution < -0.4 is 16.6 Å². The Morgan fingerprint density at radius 2 is 1.89 bits per heavy atom. The summed E-state index contributed by atoms with van der Waals surface area (Å²) in [5.74, 6) is -0.224. The van der Waals surface area contributed by atoms with Gasteiger partial charge in [0, 0.05) is 22.1 Å². The number of rotatable bonds is 5. The number of alkyl halides is 1. The molecule has 3 rings (SSSR count). The Morgan fingerprint density at radius 1 is 1.18 bits per heavy atom. The van der Waals surface area contributed by atoms with Crippen molar-refractivity contribution in [1.29, 1.82) is 0 Å². The molecule has 1 N–H and O–H groups in total. The third kappa shape index (κ3) is 4.50. The molecule has 3 aromatic rings. The summed E-state index contributed by atoms with van der Waals surface area (Å²) in [4.78, 5) is 37.0. The number of hydrogen-bond acceptors (Lipinski definition) is 4. The van der Waals surface area contributed by atoms with Crippen molar-refractivity contribution in [3.63, 3.8) is 0 Å². The number of carbonyl (C=O) groups is 1. The van der Waals surface area contributed by atoms with Gasteiger partial charge in [-0.15, -0.1) is 0 Å². The van der Waals surface area contributed by atoms with Gasteiger partial charge in [0.05, 0.1) is 12.2 Å². The Hall–Kier alpha value is -2.46. The van der Waals surface area contributed by atoms with E-state index in [1.807, 2.05) is 22.6 Å². The standard InChI is InChI=1S/C19H16ClIN4O3/c1-12(26)22-15-3-2-4-16(9-15)25-19(28)24(18(27)17(10-21)23-25)11-13-5-7-14(20)8-6-13/h2-9H,10-11H2,1H3,(H,22,26). The van der Waals surface area contributed by atoms with Crippen molar-refractivity contribution in [3.8, 4) is 5.69 Å². The number of nitrogens with one attached hydrogen (secondary N) is 1. The molecule has 7 nitrogen and oxygen atoms in total. The average Bonchev–Trinajstić information content (AvgIpc) is 2.66. The highest BCUT2D eigenvalue weighted by molar-refractivity contribution is 14.1. The van der Waals surface area contributed by atoms with E-state index in [4.69, 9.17) is 11.6 Å². The SMILES string of the molecule is CC(=O)Nc1cccc(-n2nc(CI)c(=O)n(Cc3ccc(Cl)cc3)c2=O)c1. The summed E-state index contributed by atoms with van der Waals surface area (Å²) in [6, 6.07) is 13.7. The number of carbonyl (C=O) groups excluding carboxylic acids is 1. The number of halogens is 2. The van der Waals surface area contributed by atoms with E-state index in [1.54, 1.807) is 48.5 Å². The first kappa shape index (κ1) is 20.3. The molecule has 0 aliphatic carbocycles. The molecule has 0 atom stereocenters. The summed E-state index contributed by atoms with van der Waals surface area (Å²) in [6.45, 7) is 1.50. The van der Waals surface area contributed by atoms with Crippen LogP contribution in [0, 0.1) is 0 Å². The smallest absolute Gasteiger partial charge is 0.326 e. The van der Waals surface area contributed by atoms with Gasteiger partial charge in [0.15, 0.2) is 0 Å². The largest absolute Gasteiger partial charge is 0.352 e. The predicted octanol–water partition coefficient (Wildman–Crippen LogP) is 2.99. The molecule has 28 heavy (non-hydrogen) atoms. The topological polar surface area (TPSA) is 86.0 Å². The van der Waals surface area contributed by atoms with Gasteiger partial charge < -0.3 is 5.32 Å². The fraction of sp³-hybridized carbons (Fsp3) is 0.158. The molecule has 0 spiro atoms. The Bertz CT molecular complexity index is 1140. The molecule has 0 aliphatic rings. The van der Waals surface area contributed by atoms with Gasteiger partial charge in [-0.1, -0.05) is 52.4 Å². The monoisotopic (exact) mass is 510 g/mol. The quantitative estimate of drug-likeness (QED) is 0.422. The van der Waals surface area contributed by atoms with Crippen LogP contribution >= 0.6 is 34.2 Å². The highest BCUT2D eigenvalue weighted by atomic mass is 127. The molecule has 0 radical (unpaired) electrons. The fourth-order valence-electron chi connectivity index (χ4n) is 2.65. The second-order valence-corrected chi connectivity index (χ2v) is 7.22. The zero-order valence-electron chi connectivity index (χ0n) is 14.9. The summed E-state index contributed by atoms with van der Waals surface area (Å²) < 4.78 is 2.68. The molecule has 9 heteroatoms. The molecule has 2 aromatic carbocycles. The van der Waals surface area contributed by atoms with Crippen molar-refractivity contribution in [2.45, 2.75) is 17.9 Å². The predicted molar refractivity (Wildman–Crippen MR) is 117 cm³/mol. The number of hydrogen-bond donors (Lipinski definition) is 1. The molecule has 0 unspecified atom stereocenters. The molecule has 0 fully saturated rings. The van der Waals surface area contributed by atoms with Gasteiger partial charge in [-0.05, 0) is 35.9 Å². The van der Waals surface area contributed by atoms with E-state index < -0.39 is 11.2 Å². The lowest BCUT2D eigenvalue weighted by Crippen LogP contribution is -2.42. The number of aromatic nitrogens is 3. The average molecular weight is 511 g/mol. The first-order valence-corrected chi connectivity index (χ1v) is 10.2. The Kier molecular flexibility index (Phi) is 6.30.